The molecule has 0 heterocycles. The van der Waals surface area contributed by atoms with Gasteiger partial charge in [-0.2, -0.15) is 0 Å². The molecule has 0 aliphatic heterocycles. The van der Waals surface area contributed by atoms with Gasteiger partial charge in [0.25, 0.3) is 0 Å². The molecule has 0 bridgehead atoms. The van der Waals surface area contributed by atoms with E-state index in [1.807, 2.05) is 0 Å². The van der Waals surface area contributed by atoms with Crippen molar-refractivity contribution in [1.29, 1.82) is 0 Å². The van der Waals surface area contributed by atoms with Crippen molar-refractivity contribution in [3.05, 3.63) is 23.3 Å². The maximum absolute atomic E-state index is 13.2. The van der Waals surface area contributed by atoms with Crippen LogP contribution in [0.3, 0.4) is 0 Å². The number of hydrogen-bond acceptors (Lipinski definition) is 4. The van der Waals surface area contributed by atoms with Crippen LogP contribution in [-0.2, 0) is 11.2 Å². The molecule has 5 N–H and O–H groups in total. The van der Waals surface area contributed by atoms with E-state index in [0.29, 0.717) is 6.07 Å². The normalized spacial score (nSPS) is 12.4. The third kappa shape index (κ3) is 2.19. The molecule has 0 radical (unpaired) electrons. The summed E-state index contributed by atoms with van der Waals surface area (Å²) >= 11 is 0. The van der Waals surface area contributed by atoms with Crippen molar-refractivity contribution in [1.82, 2.24) is 0 Å². The molecule has 88 valence electrons. The van der Waals surface area contributed by atoms with E-state index in [1.54, 1.807) is 0 Å². The van der Waals surface area contributed by atoms with Gasteiger partial charge in [-0.05, 0) is 0 Å². The number of benzene rings is 1. The molecule has 0 amide bonds. The summed E-state index contributed by atoms with van der Waals surface area (Å²) in [5.41, 5.74) is 4.42. The molecular formula is C9H9F2NO4. The first-order valence-electron chi connectivity index (χ1n) is 4.21. The zero-order valence-electron chi connectivity index (χ0n) is 7.94. The van der Waals surface area contributed by atoms with Gasteiger partial charge in [-0.15, -0.1) is 0 Å². The highest BCUT2D eigenvalue weighted by molar-refractivity contribution is 5.73. The summed E-state index contributed by atoms with van der Waals surface area (Å²) in [6.45, 7) is 0. The second kappa shape index (κ2) is 4.31. The van der Waals surface area contributed by atoms with E-state index in [2.05, 4.69) is 0 Å². The lowest BCUT2D eigenvalue weighted by atomic mass is 10.0. The molecule has 0 aliphatic rings. The predicted octanol–water partition coefficient (Wildman–Crippen LogP) is 0.330. The van der Waals surface area contributed by atoms with Gasteiger partial charge in [0.05, 0.1) is 0 Å². The Morgan fingerprint density at radius 2 is 2.00 bits per heavy atom. The Balaban J connectivity index is 3.14. The van der Waals surface area contributed by atoms with E-state index in [0.717, 1.165) is 0 Å². The molecular weight excluding hydrogens is 224 g/mol. The van der Waals surface area contributed by atoms with E-state index in [1.165, 1.54) is 0 Å². The smallest absolute Gasteiger partial charge is 0.320 e. The van der Waals surface area contributed by atoms with Crippen LogP contribution >= 0.6 is 0 Å². The van der Waals surface area contributed by atoms with Gasteiger partial charge in [-0.25, -0.2) is 8.78 Å². The van der Waals surface area contributed by atoms with Gasteiger partial charge < -0.3 is 21.1 Å². The minimum absolute atomic E-state index is 0.488. The van der Waals surface area contributed by atoms with Crippen molar-refractivity contribution in [2.24, 2.45) is 5.73 Å². The summed E-state index contributed by atoms with van der Waals surface area (Å²) in [7, 11) is 0. The Kier molecular flexibility index (Phi) is 3.28. The molecule has 1 atom stereocenters. The van der Waals surface area contributed by atoms with Crippen LogP contribution in [-0.4, -0.2) is 27.3 Å². The number of aromatic hydroxyl groups is 2. The number of halogens is 2. The summed E-state index contributed by atoms with van der Waals surface area (Å²) in [5.74, 6) is -6.08. The van der Waals surface area contributed by atoms with Crippen LogP contribution in [0.4, 0.5) is 8.78 Å². The third-order valence-electron chi connectivity index (χ3n) is 2.01. The van der Waals surface area contributed by atoms with Crippen LogP contribution in [0.15, 0.2) is 6.07 Å². The van der Waals surface area contributed by atoms with E-state index < -0.39 is 47.1 Å². The summed E-state index contributed by atoms with van der Waals surface area (Å²) in [6, 6.07) is -1.00. The Hall–Kier alpha value is -1.89. The highest BCUT2D eigenvalue weighted by Crippen LogP contribution is 2.32. The van der Waals surface area contributed by atoms with Crippen molar-refractivity contribution < 1.29 is 28.9 Å². The zero-order chi connectivity index (χ0) is 12.5. The Bertz CT molecular complexity index is 436. The minimum atomic E-state index is -1.49. The number of nitrogens with two attached hydrogens (primary N) is 1. The number of carbonyl (C=O) groups is 1. The molecule has 0 saturated heterocycles. The average molecular weight is 233 g/mol. The lowest BCUT2D eigenvalue weighted by Gasteiger charge is -2.10. The Morgan fingerprint density at radius 1 is 1.44 bits per heavy atom. The number of aliphatic carboxylic acids is 1. The van der Waals surface area contributed by atoms with E-state index >= 15 is 0 Å². The van der Waals surface area contributed by atoms with Crippen LogP contribution in [0.5, 0.6) is 11.5 Å². The molecule has 0 saturated carbocycles. The largest absolute Gasteiger partial charge is 0.504 e. The zero-order valence-corrected chi connectivity index (χ0v) is 7.94. The Labute approximate surface area is 88.7 Å². The van der Waals surface area contributed by atoms with E-state index in [4.69, 9.17) is 21.1 Å². The fourth-order valence-electron chi connectivity index (χ4n) is 1.13. The van der Waals surface area contributed by atoms with E-state index in [9.17, 15) is 13.6 Å². The molecule has 0 aromatic heterocycles. The first-order valence-corrected chi connectivity index (χ1v) is 4.21. The number of carboxylic acid groups (broad SMARTS) is 1. The van der Waals surface area contributed by atoms with Gasteiger partial charge >= 0.3 is 5.97 Å². The van der Waals surface area contributed by atoms with Crippen LogP contribution in [0.1, 0.15) is 5.56 Å². The van der Waals surface area contributed by atoms with Gasteiger partial charge in [0.1, 0.15) is 11.9 Å². The van der Waals surface area contributed by atoms with Crippen LogP contribution < -0.4 is 5.73 Å². The standard InChI is InChI=1S/C9H9F2NO4/c10-4-2-6(13)8(14)7(11)3(4)1-5(12)9(15)16/h2,5,13-14H,1,12H2,(H,15,16)/t5-/m0/s1. The minimum Gasteiger partial charge on any atom is -0.504 e. The highest BCUT2D eigenvalue weighted by atomic mass is 19.1. The van der Waals surface area contributed by atoms with Crippen LogP contribution in [0.2, 0.25) is 0 Å². The molecule has 0 spiro atoms. The fraction of sp³-hybridized carbons (Fsp3) is 0.222. The third-order valence-corrected chi connectivity index (χ3v) is 2.01. The maximum Gasteiger partial charge on any atom is 0.320 e. The SMILES string of the molecule is N[C@@H](Cc1c(F)cc(O)c(O)c1F)C(=O)O. The molecule has 7 heteroatoms. The maximum atomic E-state index is 13.2. The number of phenols is 2. The highest BCUT2D eigenvalue weighted by Gasteiger charge is 2.22. The molecule has 1 rings (SSSR count). The first-order chi connectivity index (χ1) is 7.34. The van der Waals surface area contributed by atoms with Gasteiger partial charge in [-0.3, -0.25) is 4.79 Å². The van der Waals surface area contributed by atoms with E-state index in [-0.39, 0.29) is 0 Å². The number of carboxylic acids is 1. The predicted molar refractivity (Wildman–Crippen MR) is 49.0 cm³/mol. The molecule has 16 heavy (non-hydrogen) atoms. The van der Waals surface area contributed by atoms with Gasteiger partial charge in [0, 0.05) is 18.1 Å². The van der Waals surface area contributed by atoms with Crippen LogP contribution in [0.25, 0.3) is 0 Å². The summed E-state index contributed by atoms with van der Waals surface area (Å²) < 4.78 is 26.4. The lowest BCUT2D eigenvalue weighted by Crippen LogP contribution is -2.32. The molecule has 0 unspecified atom stereocenters. The molecule has 0 aliphatic carbocycles. The van der Waals surface area contributed by atoms with Crippen molar-refractivity contribution in [3.8, 4) is 11.5 Å². The summed E-state index contributed by atoms with van der Waals surface area (Å²) in [4.78, 5) is 10.4. The average Bonchev–Trinajstić information content (AvgIpc) is 2.20. The molecule has 0 fully saturated rings. The topological polar surface area (TPSA) is 104 Å². The van der Waals surface area contributed by atoms with Crippen molar-refractivity contribution in [3.63, 3.8) is 0 Å². The van der Waals surface area contributed by atoms with Gasteiger partial charge in [0.15, 0.2) is 17.3 Å². The first kappa shape index (κ1) is 12.2. The summed E-state index contributed by atoms with van der Waals surface area (Å²) in [6.07, 6.45) is -0.624. The second-order valence-electron chi connectivity index (χ2n) is 3.17. The van der Waals surface area contributed by atoms with Crippen molar-refractivity contribution in [2.75, 3.05) is 0 Å². The molecule has 5 nitrogen and oxygen atoms in total. The summed E-state index contributed by atoms with van der Waals surface area (Å²) in [5, 5.41) is 26.3. The quantitative estimate of drug-likeness (QED) is 0.563. The van der Waals surface area contributed by atoms with Crippen molar-refractivity contribution in [2.45, 2.75) is 12.5 Å². The fourth-order valence-corrected chi connectivity index (χ4v) is 1.13. The lowest BCUT2D eigenvalue weighted by molar-refractivity contribution is -0.138. The van der Waals surface area contributed by atoms with Crippen LogP contribution in [0, 0.1) is 11.6 Å². The van der Waals surface area contributed by atoms with Crippen molar-refractivity contribution >= 4 is 5.97 Å². The van der Waals surface area contributed by atoms with Gasteiger partial charge in [-0.1, -0.05) is 0 Å². The molecule has 1 aromatic carbocycles. The van der Waals surface area contributed by atoms with Gasteiger partial charge in [0.2, 0.25) is 0 Å². The number of phenolic OH excluding ortho intramolecular Hbond substituents is 2. The molecule has 1 aromatic rings. The number of hydrogen-bond donors (Lipinski definition) is 4. The number of rotatable bonds is 3. The second-order valence-corrected chi connectivity index (χ2v) is 3.17. The monoisotopic (exact) mass is 233 g/mol. The Morgan fingerprint density at radius 3 is 2.50 bits per heavy atom.